The van der Waals surface area contributed by atoms with Crippen LogP contribution in [0.3, 0.4) is 0 Å². The fourth-order valence-electron chi connectivity index (χ4n) is 0.949. The number of benzene rings is 1. The number of halogens is 2. The van der Waals surface area contributed by atoms with Crippen LogP contribution >= 0.6 is 11.6 Å². The maximum atomic E-state index is 12.8. The van der Waals surface area contributed by atoms with Crippen LogP contribution < -0.4 is 5.32 Å². The van der Waals surface area contributed by atoms with Crippen molar-refractivity contribution in [2.45, 2.75) is 13.0 Å². The molecule has 0 saturated heterocycles. The Morgan fingerprint density at radius 3 is 2.71 bits per heavy atom. The molecule has 1 atom stereocenters. The molecule has 1 aromatic rings. The van der Waals surface area contributed by atoms with E-state index >= 15 is 0 Å². The van der Waals surface area contributed by atoms with Gasteiger partial charge in [-0.2, -0.15) is 0 Å². The van der Waals surface area contributed by atoms with E-state index < -0.39 is 17.8 Å². The average molecular weight is 218 g/mol. The van der Waals surface area contributed by atoms with E-state index in [-0.39, 0.29) is 5.02 Å². The molecule has 0 aliphatic rings. The Bertz CT molecular complexity index is 336. The van der Waals surface area contributed by atoms with Crippen molar-refractivity contribution >= 4 is 23.3 Å². The molecule has 0 spiro atoms. The van der Waals surface area contributed by atoms with Gasteiger partial charge in [0.1, 0.15) is 11.9 Å². The van der Waals surface area contributed by atoms with Crippen molar-refractivity contribution in [3.05, 3.63) is 29.0 Å². The standard InChI is InChI=1S/C9H9ClFNO2/c1-5(9(13)14)12-8-3-6(10)2-7(11)4-8/h2-5,12H,1H3,(H,13,14). The van der Waals surface area contributed by atoms with Crippen LogP contribution in [-0.2, 0) is 4.79 Å². The lowest BCUT2D eigenvalue weighted by molar-refractivity contribution is -0.137. The Morgan fingerprint density at radius 1 is 1.57 bits per heavy atom. The second-order valence-electron chi connectivity index (χ2n) is 2.86. The van der Waals surface area contributed by atoms with E-state index in [0.29, 0.717) is 5.69 Å². The van der Waals surface area contributed by atoms with Gasteiger partial charge in [-0.25, -0.2) is 4.39 Å². The summed E-state index contributed by atoms with van der Waals surface area (Å²) in [6, 6.07) is 3.01. The van der Waals surface area contributed by atoms with Crippen molar-refractivity contribution in [3.8, 4) is 0 Å². The van der Waals surface area contributed by atoms with Gasteiger partial charge in [0.25, 0.3) is 0 Å². The fourth-order valence-corrected chi connectivity index (χ4v) is 1.17. The maximum Gasteiger partial charge on any atom is 0.325 e. The number of nitrogens with one attached hydrogen (secondary N) is 1. The molecule has 0 heterocycles. The lowest BCUT2D eigenvalue weighted by Crippen LogP contribution is -2.25. The Kier molecular flexibility index (Phi) is 3.30. The van der Waals surface area contributed by atoms with E-state index in [1.165, 1.54) is 19.1 Å². The summed E-state index contributed by atoms with van der Waals surface area (Å²) >= 11 is 5.59. The van der Waals surface area contributed by atoms with Crippen molar-refractivity contribution in [3.63, 3.8) is 0 Å². The molecule has 1 unspecified atom stereocenters. The summed E-state index contributed by atoms with van der Waals surface area (Å²) in [5.74, 6) is -1.51. The van der Waals surface area contributed by atoms with Crippen LogP contribution in [-0.4, -0.2) is 17.1 Å². The first-order valence-corrected chi connectivity index (χ1v) is 4.32. The zero-order chi connectivity index (χ0) is 10.7. The van der Waals surface area contributed by atoms with E-state index in [2.05, 4.69) is 5.32 Å². The van der Waals surface area contributed by atoms with Crippen molar-refractivity contribution in [1.29, 1.82) is 0 Å². The van der Waals surface area contributed by atoms with Crippen molar-refractivity contribution in [1.82, 2.24) is 0 Å². The third kappa shape index (κ3) is 2.88. The minimum absolute atomic E-state index is 0.227. The molecule has 0 aliphatic carbocycles. The van der Waals surface area contributed by atoms with E-state index in [1.807, 2.05) is 0 Å². The molecule has 0 aromatic heterocycles. The van der Waals surface area contributed by atoms with Crippen LogP contribution in [0.2, 0.25) is 5.02 Å². The minimum atomic E-state index is -1.01. The number of hydrogen-bond donors (Lipinski definition) is 2. The third-order valence-electron chi connectivity index (χ3n) is 1.62. The van der Waals surface area contributed by atoms with E-state index in [1.54, 1.807) is 0 Å². The summed E-state index contributed by atoms with van der Waals surface area (Å²) in [7, 11) is 0. The fraction of sp³-hybridized carbons (Fsp3) is 0.222. The normalized spacial score (nSPS) is 12.2. The van der Waals surface area contributed by atoms with Gasteiger partial charge in [0, 0.05) is 10.7 Å². The molecular weight excluding hydrogens is 209 g/mol. The lowest BCUT2D eigenvalue weighted by atomic mass is 10.2. The molecule has 3 nitrogen and oxygen atoms in total. The zero-order valence-electron chi connectivity index (χ0n) is 7.42. The highest BCUT2D eigenvalue weighted by Crippen LogP contribution is 2.18. The number of carbonyl (C=O) groups is 1. The van der Waals surface area contributed by atoms with Crippen molar-refractivity contribution in [2.75, 3.05) is 5.32 Å². The molecule has 0 bridgehead atoms. The van der Waals surface area contributed by atoms with Crippen molar-refractivity contribution < 1.29 is 14.3 Å². The number of rotatable bonds is 3. The molecule has 2 N–H and O–H groups in total. The molecular formula is C9H9ClFNO2. The second kappa shape index (κ2) is 4.28. The van der Waals surface area contributed by atoms with Gasteiger partial charge in [-0.1, -0.05) is 11.6 Å². The van der Waals surface area contributed by atoms with Crippen LogP contribution in [0.4, 0.5) is 10.1 Å². The van der Waals surface area contributed by atoms with E-state index in [9.17, 15) is 9.18 Å². The molecule has 1 aromatic carbocycles. The first kappa shape index (κ1) is 10.8. The van der Waals surface area contributed by atoms with Crippen LogP contribution in [0.5, 0.6) is 0 Å². The van der Waals surface area contributed by atoms with Gasteiger partial charge in [0.05, 0.1) is 0 Å². The molecule has 1 rings (SSSR count). The van der Waals surface area contributed by atoms with Gasteiger partial charge in [-0.3, -0.25) is 4.79 Å². The molecule has 0 aliphatic heterocycles. The Hall–Kier alpha value is -1.29. The van der Waals surface area contributed by atoms with Crippen LogP contribution in [0.25, 0.3) is 0 Å². The number of carboxylic acid groups (broad SMARTS) is 1. The minimum Gasteiger partial charge on any atom is -0.480 e. The van der Waals surface area contributed by atoms with Crippen LogP contribution in [0.1, 0.15) is 6.92 Å². The molecule has 0 radical (unpaired) electrons. The summed E-state index contributed by atoms with van der Waals surface area (Å²) in [5.41, 5.74) is 0.352. The Balaban J connectivity index is 2.81. The first-order chi connectivity index (χ1) is 6.49. The summed E-state index contributed by atoms with van der Waals surface area (Å²) < 4.78 is 12.8. The van der Waals surface area contributed by atoms with E-state index in [4.69, 9.17) is 16.7 Å². The first-order valence-electron chi connectivity index (χ1n) is 3.94. The van der Waals surface area contributed by atoms with Gasteiger partial charge >= 0.3 is 5.97 Å². The topological polar surface area (TPSA) is 49.3 Å². The molecule has 0 fully saturated rings. The molecule has 0 amide bonds. The number of carboxylic acids is 1. The van der Waals surface area contributed by atoms with Crippen LogP contribution in [0, 0.1) is 5.82 Å². The monoisotopic (exact) mass is 217 g/mol. The Labute approximate surface area is 85.5 Å². The highest BCUT2D eigenvalue weighted by Gasteiger charge is 2.10. The quantitative estimate of drug-likeness (QED) is 0.817. The Morgan fingerprint density at radius 2 is 2.21 bits per heavy atom. The SMILES string of the molecule is CC(Nc1cc(F)cc(Cl)c1)C(=O)O. The molecule has 76 valence electrons. The molecule has 14 heavy (non-hydrogen) atoms. The predicted octanol–water partition coefficient (Wildman–Crippen LogP) is 2.36. The summed E-state index contributed by atoms with van der Waals surface area (Å²) in [6.07, 6.45) is 0. The van der Waals surface area contributed by atoms with E-state index in [0.717, 1.165) is 6.07 Å². The number of hydrogen-bond acceptors (Lipinski definition) is 2. The van der Waals surface area contributed by atoms with Crippen LogP contribution in [0.15, 0.2) is 18.2 Å². The summed E-state index contributed by atoms with van der Waals surface area (Å²) in [5, 5.41) is 11.4. The third-order valence-corrected chi connectivity index (χ3v) is 1.83. The number of aliphatic carboxylic acids is 1. The van der Waals surface area contributed by atoms with Gasteiger partial charge in [0.15, 0.2) is 0 Å². The summed E-state index contributed by atoms with van der Waals surface area (Å²) in [4.78, 5) is 10.5. The predicted molar refractivity (Wildman–Crippen MR) is 52.1 cm³/mol. The van der Waals surface area contributed by atoms with Gasteiger partial charge < -0.3 is 10.4 Å². The molecule has 5 heteroatoms. The number of anilines is 1. The highest BCUT2D eigenvalue weighted by molar-refractivity contribution is 6.30. The van der Waals surface area contributed by atoms with Gasteiger partial charge in [0.2, 0.25) is 0 Å². The average Bonchev–Trinajstić information content (AvgIpc) is 2.01. The second-order valence-corrected chi connectivity index (χ2v) is 3.30. The lowest BCUT2D eigenvalue weighted by Gasteiger charge is -2.10. The maximum absolute atomic E-state index is 12.8. The van der Waals surface area contributed by atoms with Crippen molar-refractivity contribution in [2.24, 2.45) is 0 Å². The smallest absolute Gasteiger partial charge is 0.325 e. The molecule has 0 saturated carbocycles. The highest BCUT2D eigenvalue weighted by atomic mass is 35.5. The zero-order valence-corrected chi connectivity index (χ0v) is 8.18. The van der Waals surface area contributed by atoms with Gasteiger partial charge in [-0.05, 0) is 25.1 Å². The largest absolute Gasteiger partial charge is 0.480 e. The van der Waals surface area contributed by atoms with Gasteiger partial charge in [-0.15, -0.1) is 0 Å². The summed E-state index contributed by atoms with van der Waals surface area (Å²) in [6.45, 7) is 1.46.